The molecule has 2 aromatic rings. The molecule has 0 aliphatic heterocycles. The van der Waals surface area contributed by atoms with Crippen molar-refractivity contribution in [1.29, 1.82) is 0 Å². The number of thiazole rings is 1. The molecular weight excluding hydrogens is 348 g/mol. The first-order chi connectivity index (χ1) is 11.5. The first-order valence-electron chi connectivity index (χ1n) is 7.68. The minimum absolute atomic E-state index is 0.200. The van der Waals surface area contributed by atoms with Crippen LogP contribution in [-0.4, -0.2) is 23.5 Å². The van der Waals surface area contributed by atoms with Crippen molar-refractivity contribution in [3.63, 3.8) is 0 Å². The molecule has 0 aliphatic carbocycles. The molecule has 0 spiro atoms. The van der Waals surface area contributed by atoms with Gasteiger partial charge in [-0.15, -0.1) is 11.3 Å². The van der Waals surface area contributed by atoms with Crippen LogP contribution in [0.5, 0.6) is 0 Å². The second kappa shape index (κ2) is 8.80. The largest absolute Gasteiger partial charge is 0.455 e. The summed E-state index contributed by atoms with van der Waals surface area (Å²) >= 11 is 7.42. The van der Waals surface area contributed by atoms with Gasteiger partial charge in [0.1, 0.15) is 0 Å². The quantitative estimate of drug-likeness (QED) is 0.738. The number of nitrogens with zero attached hydrogens (tertiary/aromatic N) is 1. The summed E-state index contributed by atoms with van der Waals surface area (Å²) in [7, 11) is 0. The maximum atomic E-state index is 11.9. The maximum Gasteiger partial charge on any atom is 0.309 e. The van der Waals surface area contributed by atoms with Crippen LogP contribution >= 0.6 is 22.9 Å². The Kier molecular flexibility index (Phi) is 6.75. The molecule has 128 valence electrons. The fourth-order valence-corrected chi connectivity index (χ4v) is 3.07. The van der Waals surface area contributed by atoms with Crippen molar-refractivity contribution in [3.8, 4) is 11.3 Å². The Bertz CT molecular complexity index is 717. The van der Waals surface area contributed by atoms with Crippen molar-refractivity contribution in [2.24, 2.45) is 5.92 Å². The number of halogens is 1. The normalized spacial score (nSPS) is 11.8. The van der Waals surface area contributed by atoms with Gasteiger partial charge in [0.15, 0.2) is 11.7 Å². The van der Waals surface area contributed by atoms with Crippen LogP contribution in [0.2, 0.25) is 5.02 Å². The first-order valence-corrected chi connectivity index (χ1v) is 8.94. The molecule has 7 heteroatoms. The number of hydrogen-bond donors (Lipinski definition) is 1. The zero-order chi connectivity index (χ0) is 17.5. The van der Waals surface area contributed by atoms with Gasteiger partial charge >= 0.3 is 5.97 Å². The van der Waals surface area contributed by atoms with E-state index in [1.54, 1.807) is 13.0 Å². The van der Waals surface area contributed by atoms with Crippen LogP contribution in [0.3, 0.4) is 0 Å². The van der Waals surface area contributed by atoms with E-state index < -0.39 is 5.91 Å². The molecule has 0 saturated heterocycles. The van der Waals surface area contributed by atoms with Crippen molar-refractivity contribution >= 4 is 39.9 Å². The molecule has 2 rings (SSSR count). The zero-order valence-corrected chi connectivity index (χ0v) is 15.1. The molecule has 0 saturated carbocycles. The van der Waals surface area contributed by atoms with Crippen molar-refractivity contribution in [1.82, 2.24) is 4.98 Å². The van der Waals surface area contributed by atoms with Gasteiger partial charge in [0.25, 0.3) is 5.91 Å². The summed E-state index contributed by atoms with van der Waals surface area (Å²) in [5.41, 5.74) is 1.49. The molecule has 1 aromatic heterocycles. The first kappa shape index (κ1) is 18.4. The fourth-order valence-electron chi connectivity index (χ4n) is 2.11. The third-order valence-electron chi connectivity index (χ3n) is 3.37. The van der Waals surface area contributed by atoms with Gasteiger partial charge in [-0.3, -0.25) is 14.9 Å². The zero-order valence-electron chi connectivity index (χ0n) is 13.5. The van der Waals surface area contributed by atoms with Crippen LogP contribution in [0.4, 0.5) is 5.13 Å². The lowest BCUT2D eigenvalue weighted by atomic mass is 10.1. The number of rotatable bonds is 7. The summed E-state index contributed by atoms with van der Waals surface area (Å²) in [4.78, 5) is 27.9. The molecule has 0 bridgehead atoms. The summed E-state index contributed by atoms with van der Waals surface area (Å²) in [6.45, 7) is 3.48. The Morgan fingerprint density at radius 1 is 1.38 bits per heavy atom. The monoisotopic (exact) mass is 366 g/mol. The lowest BCUT2D eigenvalue weighted by molar-refractivity contribution is -0.151. The van der Waals surface area contributed by atoms with Gasteiger partial charge in [-0.1, -0.05) is 50.1 Å². The van der Waals surface area contributed by atoms with Gasteiger partial charge < -0.3 is 4.74 Å². The Labute approximate surface area is 150 Å². The molecule has 1 amide bonds. The standard InChI is InChI=1S/C17H19ClN2O3S/c1-3-6-11(2)16(22)23-9-15(21)20-17-19-14(10-24-17)12-7-4-5-8-13(12)18/h4-5,7-8,10-11H,3,6,9H2,1-2H3,(H,19,20,21)/t11-/m0/s1. The summed E-state index contributed by atoms with van der Waals surface area (Å²) < 4.78 is 5.01. The molecule has 1 aromatic carbocycles. The molecule has 0 radical (unpaired) electrons. The van der Waals surface area contributed by atoms with Gasteiger partial charge in [0.2, 0.25) is 0 Å². The molecule has 24 heavy (non-hydrogen) atoms. The third-order valence-corrected chi connectivity index (χ3v) is 4.46. The summed E-state index contributed by atoms with van der Waals surface area (Å²) in [5.74, 6) is -0.968. The van der Waals surface area contributed by atoms with Crippen LogP contribution in [0.15, 0.2) is 29.6 Å². The number of ether oxygens (including phenoxy) is 1. The number of carbonyl (C=O) groups is 2. The van der Waals surface area contributed by atoms with Crippen molar-refractivity contribution in [2.75, 3.05) is 11.9 Å². The van der Waals surface area contributed by atoms with E-state index in [4.69, 9.17) is 16.3 Å². The number of benzene rings is 1. The molecule has 0 fully saturated rings. The highest BCUT2D eigenvalue weighted by molar-refractivity contribution is 7.14. The minimum Gasteiger partial charge on any atom is -0.455 e. The van der Waals surface area contributed by atoms with E-state index in [1.165, 1.54) is 11.3 Å². The molecule has 0 aliphatic rings. The average molecular weight is 367 g/mol. The Morgan fingerprint density at radius 3 is 2.83 bits per heavy atom. The van der Waals surface area contributed by atoms with E-state index in [0.29, 0.717) is 15.8 Å². The summed E-state index contributed by atoms with van der Waals surface area (Å²) in [6, 6.07) is 7.36. The molecule has 1 heterocycles. The van der Waals surface area contributed by atoms with Crippen LogP contribution in [0.1, 0.15) is 26.7 Å². The number of esters is 1. The summed E-state index contributed by atoms with van der Waals surface area (Å²) in [5, 5.41) is 5.47. The smallest absolute Gasteiger partial charge is 0.309 e. The predicted molar refractivity (Wildman–Crippen MR) is 96.2 cm³/mol. The second-order valence-corrected chi connectivity index (χ2v) is 6.63. The Hall–Kier alpha value is -1.92. The molecule has 5 nitrogen and oxygen atoms in total. The number of hydrogen-bond acceptors (Lipinski definition) is 5. The van der Waals surface area contributed by atoms with Crippen LogP contribution in [-0.2, 0) is 14.3 Å². The van der Waals surface area contributed by atoms with Crippen LogP contribution < -0.4 is 5.32 Å². The van der Waals surface area contributed by atoms with Crippen molar-refractivity contribution in [3.05, 3.63) is 34.7 Å². The number of anilines is 1. The highest BCUT2D eigenvalue weighted by Crippen LogP contribution is 2.30. The van der Waals surface area contributed by atoms with E-state index in [1.807, 2.05) is 30.5 Å². The number of carbonyl (C=O) groups excluding carboxylic acids is 2. The van der Waals surface area contributed by atoms with Crippen molar-refractivity contribution in [2.45, 2.75) is 26.7 Å². The molecule has 1 N–H and O–H groups in total. The number of amides is 1. The fraction of sp³-hybridized carbons (Fsp3) is 0.353. The Morgan fingerprint density at radius 2 is 2.12 bits per heavy atom. The van der Waals surface area contributed by atoms with Gasteiger partial charge in [0, 0.05) is 16.0 Å². The van der Waals surface area contributed by atoms with E-state index in [-0.39, 0.29) is 18.5 Å². The van der Waals surface area contributed by atoms with Gasteiger partial charge in [0.05, 0.1) is 11.6 Å². The van der Waals surface area contributed by atoms with Gasteiger partial charge in [-0.05, 0) is 12.5 Å². The van der Waals surface area contributed by atoms with E-state index in [2.05, 4.69) is 10.3 Å². The SMILES string of the molecule is CCC[C@H](C)C(=O)OCC(=O)Nc1nc(-c2ccccc2Cl)cs1. The number of nitrogens with one attached hydrogen (secondary N) is 1. The topological polar surface area (TPSA) is 68.3 Å². The lowest BCUT2D eigenvalue weighted by Gasteiger charge is -2.09. The van der Waals surface area contributed by atoms with E-state index >= 15 is 0 Å². The minimum atomic E-state index is -0.410. The van der Waals surface area contributed by atoms with Crippen LogP contribution in [0.25, 0.3) is 11.3 Å². The van der Waals surface area contributed by atoms with Crippen LogP contribution in [0, 0.1) is 5.92 Å². The van der Waals surface area contributed by atoms with Gasteiger partial charge in [-0.25, -0.2) is 4.98 Å². The summed E-state index contributed by atoms with van der Waals surface area (Å²) in [6.07, 6.45) is 1.64. The third kappa shape index (κ3) is 5.04. The van der Waals surface area contributed by atoms with E-state index in [0.717, 1.165) is 18.4 Å². The Balaban J connectivity index is 1.89. The van der Waals surface area contributed by atoms with Gasteiger partial charge in [-0.2, -0.15) is 0 Å². The second-order valence-electron chi connectivity index (χ2n) is 5.36. The lowest BCUT2D eigenvalue weighted by Crippen LogP contribution is -2.23. The van der Waals surface area contributed by atoms with E-state index in [9.17, 15) is 9.59 Å². The predicted octanol–water partition coefficient (Wildman–Crippen LogP) is 4.38. The molecular formula is C17H19ClN2O3S. The highest BCUT2D eigenvalue weighted by atomic mass is 35.5. The highest BCUT2D eigenvalue weighted by Gasteiger charge is 2.16. The van der Waals surface area contributed by atoms with Crippen molar-refractivity contribution < 1.29 is 14.3 Å². The average Bonchev–Trinajstić information content (AvgIpc) is 3.01. The molecule has 0 unspecified atom stereocenters. The molecule has 1 atom stereocenters. The number of aromatic nitrogens is 1. The maximum absolute atomic E-state index is 11.9.